The topological polar surface area (TPSA) is 56.4 Å². The molecule has 0 aliphatic carbocycles. The summed E-state index contributed by atoms with van der Waals surface area (Å²) in [6, 6.07) is 3.36. The van der Waals surface area contributed by atoms with Gasteiger partial charge in [-0.05, 0) is 54.0 Å². The third kappa shape index (κ3) is 3.30. The first-order valence-corrected chi connectivity index (χ1v) is 7.56. The van der Waals surface area contributed by atoms with Crippen LogP contribution in [0.2, 0.25) is 0 Å². The van der Waals surface area contributed by atoms with Gasteiger partial charge in [-0.15, -0.1) is 0 Å². The molecular weight excluding hydrogens is 323 g/mol. The van der Waals surface area contributed by atoms with Crippen LogP contribution in [0.3, 0.4) is 0 Å². The van der Waals surface area contributed by atoms with E-state index >= 15 is 0 Å². The monoisotopic (exact) mass is 342 g/mol. The van der Waals surface area contributed by atoms with Crippen molar-refractivity contribution in [2.24, 2.45) is 5.73 Å². The van der Waals surface area contributed by atoms with Gasteiger partial charge in [0.05, 0.1) is 10.2 Å². The van der Waals surface area contributed by atoms with Crippen LogP contribution in [0.25, 0.3) is 0 Å². The molecule has 0 bridgehead atoms. The van der Waals surface area contributed by atoms with E-state index in [1.165, 1.54) is 12.8 Å². The Balaban J connectivity index is 2.07. The maximum absolute atomic E-state index is 14.3. The average molecular weight is 343 g/mol. The van der Waals surface area contributed by atoms with Gasteiger partial charge in [-0.1, -0.05) is 0 Å². The minimum absolute atomic E-state index is 0.137. The summed E-state index contributed by atoms with van der Waals surface area (Å²) in [5.41, 5.74) is 6.33. The van der Waals surface area contributed by atoms with Gasteiger partial charge < -0.3 is 15.5 Å². The Morgan fingerprint density at radius 3 is 2.70 bits per heavy atom. The molecule has 1 fully saturated rings. The molecule has 6 heteroatoms. The van der Waals surface area contributed by atoms with E-state index in [4.69, 9.17) is 11.1 Å². The first-order chi connectivity index (χ1) is 9.50. The number of hydrogen-bond donors (Lipinski definition) is 2. The van der Waals surface area contributed by atoms with Gasteiger partial charge in [-0.2, -0.15) is 0 Å². The largest absolute Gasteiger partial charge is 0.384 e. The van der Waals surface area contributed by atoms with Gasteiger partial charge in [0.2, 0.25) is 0 Å². The molecule has 0 spiro atoms. The molecule has 2 rings (SSSR count). The van der Waals surface area contributed by atoms with Crippen LogP contribution in [0.5, 0.6) is 0 Å². The normalized spacial score (nSPS) is 15.6. The summed E-state index contributed by atoms with van der Waals surface area (Å²) in [6.45, 7) is 4.01. The molecule has 0 unspecified atom stereocenters. The van der Waals surface area contributed by atoms with E-state index < -0.39 is 0 Å². The molecule has 20 heavy (non-hydrogen) atoms. The summed E-state index contributed by atoms with van der Waals surface area (Å²) in [7, 11) is 1.88. The number of amidine groups is 1. The third-order valence-corrected chi connectivity index (χ3v) is 4.49. The maximum Gasteiger partial charge on any atom is 0.161 e. The van der Waals surface area contributed by atoms with Crippen LogP contribution < -0.4 is 10.6 Å². The Morgan fingerprint density at radius 1 is 1.45 bits per heavy atom. The molecule has 1 aliphatic heterocycles. The Labute approximate surface area is 127 Å². The number of hydrogen-bond acceptors (Lipinski definition) is 3. The molecule has 1 saturated heterocycles. The lowest BCUT2D eigenvalue weighted by atomic mass is 10.1. The lowest BCUT2D eigenvalue weighted by Gasteiger charge is -2.24. The second-order valence-corrected chi connectivity index (χ2v) is 5.94. The van der Waals surface area contributed by atoms with E-state index in [0.29, 0.717) is 11.3 Å². The van der Waals surface area contributed by atoms with E-state index in [-0.39, 0.29) is 16.1 Å². The maximum atomic E-state index is 14.3. The minimum Gasteiger partial charge on any atom is -0.384 e. The van der Waals surface area contributed by atoms with Crippen molar-refractivity contribution in [1.29, 1.82) is 5.41 Å². The Hall–Kier alpha value is -1.14. The van der Waals surface area contributed by atoms with E-state index in [9.17, 15) is 4.39 Å². The molecule has 1 aromatic rings. The fourth-order valence-electron chi connectivity index (χ4n) is 2.46. The molecule has 3 N–H and O–H groups in total. The van der Waals surface area contributed by atoms with E-state index in [0.717, 1.165) is 26.2 Å². The summed E-state index contributed by atoms with van der Waals surface area (Å²) in [4.78, 5) is 4.30. The molecule has 4 nitrogen and oxygen atoms in total. The Bertz CT molecular complexity index is 500. The van der Waals surface area contributed by atoms with Crippen LogP contribution in [-0.2, 0) is 0 Å². The van der Waals surface area contributed by atoms with Gasteiger partial charge >= 0.3 is 0 Å². The predicted molar refractivity (Wildman–Crippen MR) is 84.1 cm³/mol. The standard InChI is InChI=1S/C14H20BrFN4/c1-19(8-9-20-6-2-3-7-20)11-5-4-10(14(17)18)12(15)13(11)16/h4-5H,2-3,6-9H2,1H3,(H3,17,18). The van der Waals surface area contributed by atoms with Gasteiger partial charge in [0.15, 0.2) is 5.82 Å². The van der Waals surface area contributed by atoms with Crippen LogP contribution in [0, 0.1) is 11.2 Å². The number of nitrogen functional groups attached to an aromatic ring is 1. The first-order valence-electron chi connectivity index (χ1n) is 6.76. The molecule has 110 valence electrons. The number of likely N-dealkylation sites (tertiary alicyclic amines) is 1. The minimum atomic E-state index is -0.360. The SMILES string of the molecule is CN(CCN1CCCC1)c1ccc(C(=N)N)c(Br)c1F. The highest BCUT2D eigenvalue weighted by atomic mass is 79.9. The number of likely N-dealkylation sites (N-methyl/N-ethyl adjacent to an activating group) is 1. The first kappa shape index (κ1) is 15.3. The molecule has 1 aliphatic rings. The van der Waals surface area contributed by atoms with Crippen molar-refractivity contribution in [2.75, 3.05) is 38.1 Å². The lowest BCUT2D eigenvalue weighted by molar-refractivity contribution is 0.346. The third-order valence-electron chi connectivity index (χ3n) is 3.71. The van der Waals surface area contributed by atoms with Gasteiger partial charge in [0, 0.05) is 25.7 Å². The second kappa shape index (κ2) is 6.54. The highest BCUT2D eigenvalue weighted by Gasteiger charge is 2.17. The Kier molecular flexibility index (Phi) is 4.99. The van der Waals surface area contributed by atoms with Crippen LogP contribution in [0.1, 0.15) is 18.4 Å². The second-order valence-electron chi connectivity index (χ2n) is 5.14. The molecule has 0 saturated carbocycles. The number of halogens is 2. The fraction of sp³-hybridized carbons (Fsp3) is 0.500. The smallest absolute Gasteiger partial charge is 0.161 e. The average Bonchev–Trinajstić information content (AvgIpc) is 2.92. The van der Waals surface area contributed by atoms with Crippen molar-refractivity contribution >= 4 is 27.5 Å². The zero-order valence-electron chi connectivity index (χ0n) is 11.6. The van der Waals surface area contributed by atoms with Crippen molar-refractivity contribution in [1.82, 2.24) is 4.90 Å². The highest BCUT2D eigenvalue weighted by molar-refractivity contribution is 9.10. The molecule has 0 amide bonds. The lowest BCUT2D eigenvalue weighted by Crippen LogP contribution is -2.32. The number of nitrogens with zero attached hydrogens (tertiary/aromatic N) is 2. The molecule has 1 aromatic carbocycles. The van der Waals surface area contributed by atoms with Crippen molar-refractivity contribution in [3.63, 3.8) is 0 Å². The summed E-state index contributed by atoms with van der Waals surface area (Å²) >= 11 is 3.18. The number of nitrogens with one attached hydrogen (secondary N) is 1. The summed E-state index contributed by atoms with van der Waals surface area (Å²) < 4.78 is 14.6. The Morgan fingerprint density at radius 2 is 2.10 bits per heavy atom. The van der Waals surface area contributed by atoms with Crippen LogP contribution >= 0.6 is 15.9 Å². The summed E-state index contributed by atoms with van der Waals surface area (Å²) in [6.07, 6.45) is 2.52. The van der Waals surface area contributed by atoms with E-state index in [2.05, 4.69) is 20.8 Å². The van der Waals surface area contributed by atoms with Crippen molar-refractivity contribution in [3.8, 4) is 0 Å². The molecule has 0 atom stereocenters. The zero-order valence-corrected chi connectivity index (χ0v) is 13.2. The van der Waals surface area contributed by atoms with Crippen molar-refractivity contribution in [3.05, 3.63) is 28.0 Å². The van der Waals surface area contributed by atoms with Gasteiger partial charge in [-0.25, -0.2) is 4.39 Å². The quantitative estimate of drug-likeness (QED) is 0.638. The molecule has 0 radical (unpaired) electrons. The zero-order chi connectivity index (χ0) is 14.7. The highest BCUT2D eigenvalue weighted by Crippen LogP contribution is 2.28. The summed E-state index contributed by atoms with van der Waals surface area (Å²) in [5, 5.41) is 7.41. The predicted octanol–water partition coefficient (Wildman–Crippen LogP) is 2.40. The van der Waals surface area contributed by atoms with Crippen LogP contribution in [-0.4, -0.2) is 44.0 Å². The summed E-state index contributed by atoms with van der Waals surface area (Å²) in [5.74, 6) is -0.497. The molecule has 0 aromatic heterocycles. The van der Waals surface area contributed by atoms with Gasteiger partial charge in [0.25, 0.3) is 0 Å². The number of anilines is 1. The molecule has 1 heterocycles. The fourth-order valence-corrected chi connectivity index (χ4v) is 3.01. The van der Waals surface area contributed by atoms with Crippen LogP contribution in [0.4, 0.5) is 10.1 Å². The van der Waals surface area contributed by atoms with E-state index in [1.54, 1.807) is 12.1 Å². The molecular formula is C14H20BrFN4. The van der Waals surface area contributed by atoms with E-state index in [1.807, 2.05) is 11.9 Å². The van der Waals surface area contributed by atoms with Crippen molar-refractivity contribution in [2.45, 2.75) is 12.8 Å². The van der Waals surface area contributed by atoms with Crippen molar-refractivity contribution < 1.29 is 4.39 Å². The van der Waals surface area contributed by atoms with Crippen LogP contribution in [0.15, 0.2) is 16.6 Å². The number of nitrogens with two attached hydrogens (primary N) is 1. The van der Waals surface area contributed by atoms with Gasteiger partial charge in [0.1, 0.15) is 5.84 Å². The van der Waals surface area contributed by atoms with Gasteiger partial charge in [-0.3, -0.25) is 5.41 Å². The number of rotatable bonds is 5. The number of benzene rings is 1.